The summed E-state index contributed by atoms with van der Waals surface area (Å²) in [5.41, 5.74) is 7.97. The summed E-state index contributed by atoms with van der Waals surface area (Å²) in [7, 11) is -4.46. The number of esters is 2. The van der Waals surface area contributed by atoms with Crippen LogP contribution in [0.25, 0.3) is 0 Å². The summed E-state index contributed by atoms with van der Waals surface area (Å²) >= 11 is 0. The largest absolute Gasteiger partial charge is 0.472 e. The van der Waals surface area contributed by atoms with Crippen LogP contribution in [0.3, 0.4) is 0 Å². The molecule has 1 aromatic rings. The maximum absolute atomic E-state index is 12.7. The highest BCUT2D eigenvalue weighted by atomic mass is 31.2. The van der Waals surface area contributed by atoms with Crippen molar-refractivity contribution in [3.8, 4) is 0 Å². The molecule has 14 nitrogen and oxygen atoms in total. The third kappa shape index (κ3) is 24.6. The highest BCUT2D eigenvalue weighted by molar-refractivity contribution is 7.47. The highest BCUT2D eigenvalue weighted by Crippen LogP contribution is 2.43. The van der Waals surface area contributed by atoms with Gasteiger partial charge in [-0.1, -0.05) is 109 Å². The number of hydrogen-bond donors (Lipinski definition) is 5. The van der Waals surface area contributed by atoms with E-state index in [4.69, 9.17) is 33.4 Å². The number of furan rings is 1. The molecule has 1 fully saturated rings. The van der Waals surface area contributed by atoms with E-state index < -0.39 is 57.1 Å². The first kappa shape index (κ1) is 55.7. The van der Waals surface area contributed by atoms with Crippen LogP contribution >= 0.6 is 7.82 Å². The van der Waals surface area contributed by atoms with E-state index in [0.717, 1.165) is 88.6 Å². The summed E-state index contributed by atoms with van der Waals surface area (Å²) in [6.07, 6.45) is 22.3. The van der Waals surface area contributed by atoms with Crippen molar-refractivity contribution in [1.29, 1.82) is 0 Å². The monoisotopic (exact) mass is 900 g/mol. The second kappa shape index (κ2) is 33.1. The number of phosphoric ester groups is 1. The van der Waals surface area contributed by atoms with Gasteiger partial charge in [-0.2, -0.15) is 0 Å². The normalized spacial score (nSPS) is 20.1. The molecule has 62 heavy (non-hydrogen) atoms. The van der Waals surface area contributed by atoms with Crippen molar-refractivity contribution in [2.45, 2.75) is 206 Å². The van der Waals surface area contributed by atoms with E-state index in [9.17, 15) is 34.4 Å². The molecule has 358 valence electrons. The van der Waals surface area contributed by atoms with Crippen LogP contribution in [0, 0.1) is 19.8 Å². The van der Waals surface area contributed by atoms with Crippen molar-refractivity contribution < 1.29 is 62.0 Å². The molecule has 0 spiro atoms. The molecule has 2 heterocycles. The van der Waals surface area contributed by atoms with E-state index >= 15 is 0 Å². The average Bonchev–Trinajstić information content (AvgIpc) is 3.50. The molecule has 6 N–H and O–H groups in total. The number of nitrogens with two attached hydrogens (primary N) is 1. The van der Waals surface area contributed by atoms with Crippen molar-refractivity contribution >= 4 is 19.8 Å². The van der Waals surface area contributed by atoms with Gasteiger partial charge < -0.3 is 44.6 Å². The lowest BCUT2D eigenvalue weighted by Gasteiger charge is -2.36. The van der Waals surface area contributed by atoms with E-state index in [1.54, 1.807) is 12.2 Å². The van der Waals surface area contributed by atoms with E-state index in [0.29, 0.717) is 32.1 Å². The number of ether oxygens (including phenoxy) is 3. The Bertz CT molecular complexity index is 1470. The lowest BCUT2D eigenvalue weighted by atomic mass is 9.87. The van der Waals surface area contributed by atoms with Crippen LogP contribution in [0.2, 0.25) is 0 Å². The van der Waals surface area contributed by atoms with Gasteiger partial charge >= 0.3 is 19.8 Å². The van der Waals surface area contributed by atoms with Gasteiger partial charge in [0.1, 0.15) is 18.1 Å². The Kier molecular flexibility index (Phi) is 29.8. The topological polar surface area (TPSA) is 217 Å². The quantitative estimate of drug-likeness (QED) is 0.0184. The van der Waals surface area contributed by atoms with E-state index in [2.05, 4.69) is 27.7 Å². The zero-order chi connectivity index (χ0) is 45.6. The van der Waals surface area contributed by atoms with Crippen LogP contribution in [-0.4, -0.2) is 89.2 Å². The maximum Gasteiger partial charge on any atom is 0.472 e. The molecule has 2 rings (SSSR count). The first-order valence-corrected chi connectivity index (χ1v) is 25.1. The summed E-state index contributed by atoms with van der Waals surface area (Å²) in [6, 6.07) is 0. The van der Waals surface area contributed by atoms with E-state index in [-0.39, 0.29) is 44.9 Å². The summed E-state index contributed by atoms with van der Waals surface area (Å²) in [5.74, 6) is 0.937. The fourth-order valence-electron chi connectivity index (χ4n) is 7.44. The predicted octanol–water partition coefficient (Wildman–Crippen LogP) is 8.93. The molecule has 0 bridgehead atoms. The van der Waals surface area contributed by atoms with Gasteiger partial charge in [-0.15, -0.1) is 0 Å². The molecule has 1 aliphatic rings. The molecule has 1 aliphatic heterocycles. The van der Waals surface area contributed by atoms with Crippen molar-refractivity contribution in [2.24, 2.45) is 11.7 Å². The Morgan fingerprint density at radius 2 is 1.44 bits per heavy atom. The van der Waals surface area contributed by atoms with Gasteiger partial charge in [0.25, 0.3) is 0 Å². The lowest BCUT2D eigenvalue weighted by molar-refractivity contribution is -0.199. The van der Waals surface area contributed by atoms with Crippen LogP contribution in [0.4, 0.5) is 0 Å². The first-order chi connectivity index (χ1) is 29.8. The number of aryl methyl sites for hydroxylation is 2. The Morgan fingerprint density at radius 3 is 2.10 bits per heavy atom. The summed E-state index contributed by atoms with van der Waals surface area (Å²) in [4.78, 5) is 35.3. The molecule has 0 amide bonds. The SMILES string of the molecule is CCCCCc1oc(CCCCCCCCCCC(=O)O[C@H](COC(=O)CCC/C=C\C[C@H]2[C@@H](O)CC(O)O[C@@H]2/C=C/[C@@H](O)CCCCC)COP(=O)(O)OCCN)c(C)c1C. The third-order valence-electron chi connectivity index (χ3n) is 11.3. The number of unbranched alkanes of at least 4 members (excludes halogenated alkanes) is 12. The second-order valence-corrected chi connectivity index (χ2v) is 18.2. The molecule has 1 aromatic heterocycles. The Labute approximate surface area is 371 Å². The lowest BCUT2D eigenvalue weighted by Crippen LogP contribution is -2.43. The first-order valence-electron chi connectivity index (χ1n) is 23.6. The number of aliphatic hydroxyl groups excluding tert-OH is 3. The molecule has 0 saturated carbocycles. The Hall–Kier alpha value is -2.39. The van der Waals surface area contributed by atoms with Crippen molar-refractivity contribution in [2.75, 3.05) is 26.4 Å². The standard InChI is InChI=1S/C47H82NO13P/c1-5-7-17-23-38(49)29-30-44-40(41(50)33-47(53)61-44)24-19-15-16-21-27-45(51)56-34-39(35-58-62(54,55)57-32-31-48)59-46(52)28-22-14-12-10-9-11-13-20-26-43-37(4)36(3)42(60-43)25-18-8-6-2/h15,19,29-30,38-41,44,47,49-50,53H,5-14,16-18,20-28,31-35,48H2,1-4H3,(H,54,55)/b19-15-,30-29+/t38-,39+,40-,41-,44+,47?/m0/s1. The van der Waals surface area contributed by atoms with Crippen molar-refractivity contribution in [3.05, 3.63) is 47.0 Å². The Morgan fingerprint density at radius 1 is 0.823 bits per heavy atom. The van der Waals surface area contributed by atoms with Crippen LogP contribution in [0.1, 0.15) is 171 Å². The molecular weight excluding hydrogens is 817 g/mol. The molecule has 1 saturated heterocycles. The molecular formula is C47H82NO13P. The van der Waals surface area contributed by atoms with E-state index in [1.165, 1.54) is 30.4 Å². The minimum absolute atomic E-state index is 0.00752. The van der Waals surface area contributed by atoms with Crippen LogP contribution in [-0.2, 0) is 50.3 Å². The van der Waals surface area contributed by atoms with Crippen LogP contribution < -0.4 is 5.73 Å². The highest BCUT2D eigenvalue weighted by Gasteiger charge is 2.35. The van der Waals surface area contributed by atoms with Gasteiger partial charge in [0.05, 0.1) is 31.5 Å². The van der Waals surface area contributed by atoms with E-state index in [1.807, 2.05) is 12.2 Å². The van der Waals surface area contributed by atoms with Crippen molar-refractivity contribution in [1.82, 2.24) is 0 Å². The predicted molar refractivity (Wildman–Crippen MR) is 240 cm³/mol. The van der Waals surface area contributed by atoms with Gasteiger partial charge in [-0.3, -0.25) is 18.6 Å². The van der Waals surface area contributed by atoms with Gasteiger partial charge in [0, 0.05) is 44.6 Å². The van der Waals surface area contributed by atoms with Gasteiger partial charge in [-0.25, -0.2) is 4.57 Å². The zero-order valence-electron chi connectivity index (χ0n) is 38.4. The Balaban J connectivity index is 1.71. The van der Waals surface area contributed by atoms with Crippen LogP contribution in [0.15, 0.2) is 28.7 Å². The minimum atomic E-state index is -4.46. The second-order valence-electron chi connectivity index (χ2n) is 16.7. The number of hydrogen-bond acceptors (Lipinski definition) is 13. The summed E-state index contributed by atoms with van der Waals surface area (Å²) in [5, 5.41) is 31.0. The number of allylic oxidation sites excluding steroid dienone is 2. The molecule has 0 aromatic carbocycles. The smallest absolute Gasteiger partial charge is 0.466 e. The minimum Gasteiger partial charge on any atom is -0.466 e. The average molecular weight is 900 g/mol. The fraction of sp³-hybridized carbons (Fsp3) is 0.787. The maximum atomic E-state index is 12.7. The van der Waals surface area contributed by atoms with Crippen LogP contribution in [0.5, 0.6) is 0 Å². The zero-order valence-corrected chi connectivity index (χ0v) is 39.2. The summed E-state index contributed by atoms with van der Waals surface area (Å²) < 4.78 is 44.8. The fourth-order valence-corrected chi connectivity index (χ4v) is 8.21. The number of rotatable bonds is 36. The number of carbonyl (C=O) groups excluding carboxylic acids is 2. The van der Waals surface area contributed by atoms with Gasteiger partial charge in [0.15, 0.2) is 12.4 Å². The van der Waals surface area contributed by atoms with Crippen molar-refractivity contribution in [3.63, 3.8) is 0 Å². The number of carbonyl (C=O) groups is 2. The number of phosphoric acid groups is 1. The molecule has 2 unspecified atom stereocenters. The third-order valence-corrected chi connectivity index (χ3v) is 12.3. The molecule has 0 radical (unpaired) electrons. The summed E-state index contributed by atoms with van der Waals surface area (Å²) in [6.45, 7) is 7.59. The molecule has 0 aliphatic carbocycles. The molecule has 15 heteroatoms. The number of aliphatic hydroxyl groups is 3. The van der Waals surface area contributed by atoms with Gasteiger partial charge in [-0.05, 0) is 69.9 Å². The molecule has 7 atom stereocenters. The van der Waals surface area contributed by atoms with Gasteiger partial charge in [0.2, 0.25) is 0 Å².